The van der Waals surface area contributed by atoms with Gasteiger partial charge in [-0.25, -0.2) is 0 Å². The van der Waals surface area contributed by atoms with E-state index in [-0.39, 0.29) is 12.4 Å². The molecule has 1 aliphatic rings. The SMILES string of the molecule is Cc1cc(C)c(C(=O)COCC2CC=CCC2C)c(C)c1. The standard InChI is InChI=1S/C19H26O2/c1-13-9-15(3)19(16(4)10-13)18(20)12-21-11-17-8-6-5-7-14(17)2/h5-6,9-10,14,17H,7-8,11-12H2,1-4H3. The van der Waals surface area contributed by atoms with E-state index >= 15 is 0 Å². The lowest BCUT2D eigenvalue weighted by Crippen LogP contribution is -2.22. The molecule has 2 heteroatoms. The molecule has 1 aliphatic carbocycles. The Morgan fingerprint density at radius 2 is 1.76 bits per heavy atom. The summed E-state index contributed by atoms with van der Waals surface area (Å²) in [6, 6.07) is 4.13. The number of allylic oxidation sites excluding steroid dienone is 2. The van der Waals surface area contributed by atoms with Crippen LogP contribution in [0.4, 0.5) is 0 Å². The second-order valence-corrected chi connectivity index (χ2v) is 6.39. The zero-order chi connectivity index (χ0) is 15.4. The number of Topliss-reactive ketones (excluding diaryl/α,β-unsaturated/α-hetero) is 1. The van der Waals surface area contributed by atoms with Gasteiger partial charge in [0.25, 0.3) is 0 Å². The number of aryl methyl sites for hydroxylation is 3. The fraction of sp³-hybridized carbons (Fsp3) is 0.526. The number of hydrogen-bond donors (Lipinski definition) is 0. The molecular weight excluding hydrogens is 260 g/mol. The summed E-state index contributed by atoms with van der Waals surface area (Å²) in [6.07, 6.45) is 6.66. The van der Waals surface area contributed by atoms with Crippen molar-refractivity contribution in [3.8, 4) is 0 Å². The Kier molecular flexibility index (Phi) is 5.35. The lowest BCUT2D eigenvalue weighted by molar-refractivity contribution is 0.0601. The summed E-state index contributed by atoms with van der Waals surface area (Å²) < 4.78 is 5.72. The first-order valence-corrected chi connectivity index (χ1v) is 7.82. The van der Waals surface area contributed by atoms with Gasteiger partial charge in [-0.1, -0.05) is 36.8 Å². The molecule has 2 unspecified atom stereocenters. The van der Waals surface area contributed by atoms with E-state index in [0.29, 0.717) is 18.4 Å². The molecule has 0 radical (unpaired) electrons. The number of hydrogen-bond acceptors (Lipinski definition) is 2. The quantitative estimate of drug-likeness (QED) is 0.592. The van der Waals surface area contributed by atoms with Crippen molar-refractivity contribution in [2.45, 2.75) is 40.5 Å². The largest absolute Gasteiger partial charge is 0.373 e. The van der Waals surface area contributed by atoms with Gasteiger partial charge in [-0.05, 0) is 56.6 Å². The van der Waals surface area contributed by atoms with Crippen LogP contribution >= 0.6 is 0 Å². The second-order valence-electron chi connectivity index (χ2n) is 6.39. The number of ether oxygens (including phenoxy) is 1. The molecule has 2 atom stereocenters. The first-order valence-electron chi connectivity index (χ1n) is 7.82. The maximum absolute atomic E-state index is 12.4. The van der Waals surface area contributed by atoms with Gasteiger partial charge in [0, 0.05) is 5.56 Å². The highest BCUT2D eigenvalue weighted by Crippen LogP contribution is 2.25. The molecule has 0 spiro atoms. The highest BCUT2D eigenvalue weighted by Gasteiger charge is 2.19. The van der Waals surface area contributed by atoms with Gasteiger partial charge in [-0.15, -0.1) is 0 Å². The number of carbonyl (C=O) groups is 1. The van der Waals surface area contributed by atoms with Gasteiger partial charge in [-0.2, -0.15) is 0 Å². The zero-order valence-corrected chi connectivity index (χ0v) is 13.6. The van der Waals surface area contributed by atoms with E-state index in [2.05, 4.69) is 38.1 Å². The van der Waals surface area contributed by atoms with Crippen LogP contribution in [0.25, 0.3) is 0 Å². The van der Waals surface area contributed by atoms with E-state index in [1.165, 1.54) is 5.56 Å². The molecule has 0 fully saturated rings. The van der Waals surface area contributed by atoms with Crippen molar-refractivity contribution in [1.82, 2.24) is 0 Å². The molecule has 0 saturated heterocycles. The molecule has 0 saturated carbocycles. The van der Waals surface area contributed by atoms with Crippen LogP contribution in [0.15, 0.2) is 24.3 Å². The predicted molar refractivity (Wildman–Crippen MR) is 86.8 cm³/mol. The minimum Gasteiger partial charge on any atom is -0.373 e. The second kappa shape index (κ2) is 7.04. The third-order valence-corrected chi connectivity index (χ3v) is 4.44. The lowest BCUT2D eigenvalue weighted by Gasteiger charge is -2.24. The third-order valence-electron chi connectivity index (χ3n) is 4.44. The maximum Gasteiger partial charge on any atom is 0.188 e. The molecular formula is C19H26O2. The Morgan fingerprint density at radius 3 is 2.38 bits per heavy atom. The van der Waals surface area contributed by atoms with Crippen molar-refractivity contribution in [1.29, 1.82) is 0 Å². The molecule has 0 bridgehead atoms. The summed E-state index contributed by atoms with van der Waals surface area (Å²) in [5.41, 5.74) is 4.13. The van der Waals surface area contributed by atoms with Crippen LogP contribution in [-0.4, -0.2) is 19.0 Å². The van der Waals surface area contributed by atoms with E-state index in [0.717, 1.165) is 29.5 Å². The fourth-order valence-electron chi connectivity index (χ4n) is 3.23. The lowest BCUT2D eigenvalue weighted by atomic mass is 9.85. The average molecular weight is 286 g/mol. The molecule has 2 rings (SSSR count). The molecule has 21 heavy (non-hydrogen) atoms. The van der Waals surface area contributed by atoms with Gasteiger partial charge in [0.05, 0.1) is 6.61 Å². The highest BCUT2D eigenvalue weighted by atomic mass is 16.5. The minimum atomic E-state index is 0.101. The molecule has 0 aromatic heterocycles. The summed E-state index contributed by atoms with van der Waals surface area (Å²) in [7, 11) is 0. The Hall–Kier alpha value is -1.41. The maximum atomic E-state index is 12.4. The van der Waals surface area contributed by atoms with Crippen molar-refractivity contribution in [3.63, 3.8) is 0 Å². The normalized spacial score (nSPS) is 21.5. The topological polar surface area (TPSA) is 26.3 Å². The van der Waals surface area contributed by atoms with Crippen molar-refractivity contribution in [2.75, 3.05) is 13.2 Å². The van der Waals surface area contributed by atoms with Gasteiger partial charge in [0.2, 0.25) is 0 Å². The van der Waals surface area contributed by atoms with E-state index in [4.69, 9.17) is 4.74 Å². The number of rotatable bonds is 5. The Labute approximate surface area is 128 Å². The summed E-state index contributed by atoms with van der Waals surface area (Å²) in [6.45, 7) is 9.19. The van der Waals surface area contributed by atoms with Crippen LogP contribution in [0.5, 0.6) is 0 Å². The van der Waals surface area contributed by atoms with E-state index in [1.807, 2.05) is 13.8 Å². The van der Waals surface area contributed by atoms with Gasteiger partial charge < -0.3 is 4.74 Å². The van der Waals surface area contributed by atoms with Gasteiger partial charge in [0.1, 0.15) is 6.61 Å². The molecule has 0 aliphatic heterocycles. The molecule has 0 heterocycles. The summed E-state index contributed by atoms with van der Waals surface area (Å²) in [5, 5.41) is 0. The smallest absolute Gasteiger partial charge is 0.188 e. The Bertz CT molecular complexity index is 519. The van der Waals surface area contributed by atoms with Crippen molar-refractivity contribution >= 4 is 5.78 Å². The van der Waals surface area contributed by atoms with E-state index in [9.17, 15) is 4.79 Å². The summed E-state index contributed by atoms with van der Waals surface area (Å²) in [5.74, 6) is 1.29. The molecule has 1 aromatic carbocycles. The molecule has 2 nitrogen and oxygen atoms in total. The number of carbonyl (C=O) groups excluding carboxylic acids is 1. The first-order chi connectivity index (χ1) is 9.99. The summed E-state index contributed by atoms with van der Waals surface area (Å²) in [4.78, 5) is 12.4. The molecule has 114 valence electrons. The van der Waals surface area contributed by atoms with Crippen LogP contribution in [0, 0.1) is 32.6 Å². The van der Waals surface area contributed by atoms with E-state index < -0.39 is 0 Å². The molecule has 0 amide bonds. The van der Waals surface area contributed by atoms with Crippen LogP contribution in [0.3, 0.4) is 0 Å². The van der Waals surface area contributed by atoms with Crippen LogP contribution in [0.2, 0.25) is 0 Å². The molecule has 0 N–H and O–H groups in total. The van der Waals surface area contributed by atoms with Crippen LogP contribution in [0.1, 0.15) is 46.8 Å². The monoisotopic (exact) mass is 286 g/mol. The fourth-order valence-corrected chi connectivity index (χ4v) is 3.23. The minimum absolute atomic E-state index is 0.101. The average Bonchev–Trinajstić information content (AvgIpc) is 2.39. The highest BCUT2D eigenvalue weighted by molar-refractivity contribution is 5.99. The number of benzene rings is 1. The van der Waals surface area contributed by atoms with E-state index in [1.54, 1.807) is 0 Å². The van der Waals surface area contributed by atoms with Gasteiger partial charge in [0.15, 0.2) is 5.78 Å². The zero-order valence-electron chi connectivity index (χ0n) is 13.6. The Morgan fingerprint density at radius 1 is 1.14 bits per heavy atom. The van der Waals surface area contributed by atoms with Crippen molar-refractivity contribution in [2.24, 2.45) is 11.8 Å². The predicted octanol–water partition coefficient (Wildman–Crippen LogP) is 4.41. The molecule has 1 aromatic rings. The number of ketones is 1. The first kappa shape index (κ1) is 16.0. The van der Waals surface area contributed by atoms with Gasteiger partial charge in [-0.3, -0.25) is 4.79 Å². The van der Waals surface area contributed by atoms with Crippen molar-refractivity contribution < 1.29 is 9.53 Å². The third kappa shape index (κ3) is 4.04. The Balaban J connectivity index is 1.92. The van der Waals surface area contributed by atoms with Crippen molar-refractivity contribution in [3.05, 3.63) is 46.5 Å². The summed E-state index contributed by atoms with van der Waals surface area (Å²) >= 11 is 0. The van der Waals surface area contributed by atoms with Gasteiger partial charge >= 0.3 is 0 Å². The van der Waals surface area contributed by atoms with Crippen LogP contribution in [-0.2, 0) is 4.74 Å². The van der Waals surface area contributed by atoms with Crippen LogP contribution < -0.4 is 0 Å².